The average molecular weight is 242 g/mol. The van der Waals surface area contributed by atoms with Gasteiger partial charge in [0, 0.05) is 18.3 Å². The molecule has 0 aliphatic carbocycles. The fourth-order valence-electron chi connectivity index (χ4n) is 1.81. The summed E-state index contributed by atoms with van der Waals surface area (Å²) in [5.41, 5.74) is 9.03. The average Bonchev–Trinajstić information content (AvgIpc) is 2.34. The van der Waals surface area contributed by atoms with E-state index >= 15 is 0 Å². The molecule has 0 aliphatic rings. The van der Waals surface area contributed by atoms with Crippen molar-refractivity contribution in [1.29, 1.82) is 0 Å². The van der Waals surface area contributed by atoms with Crippen LogP contribution in [0.25, 0.3) is 0 Å². The Balaban J connectivity index is 2.20. The second-order valence-corrected chi connectivity index (χ2v) is 4.34. The summed E-state index contributed by atoms with van der Waals surface area (Å²) in [6.07, 6.45) is 2.45. The van der Waals surface area contributed by atoms with Crippen LogP contribution >= 0.6 is 0 Å². The normalized spacial score (nSPS) is 10.4. The van der Waals surface area contributed by atoms with E-state index in [1.165, 1.54) is 11.1 Å². The number of aryl methyl sites for hydroxylation is 2. The molecular weight excluding hydrogens is 224 g/mol. The molecule has 3 N–H and O–H groups in total. The Morgan fingerprint density at radius 2 is 2.06 bits per heavy atom. The predicted octanol–water partition coefficient (Wildman–Crippen LogP) is 2.34. The van der Waals surface area contributed by atoms with E-state index in [1.807, 2.05) is 6.07 Å². The Labute approximate surface area is 107 Å². The number of nitrogens with zero attached hydrogens (tertiary/aromatic N) is 2. The van der Waals surface area contributed by atoms with E-state index in [0.29, 0.717) is 13.0 Å². The summed E-state index contributed by atoms with van der Waals surface area (Å²) < 4.78 is 0. The van der Waals surface area contributed by atoms with Crippen molar-refractivity contribution in [1.82, 2.24) is 9.97 Å². The van der Waals surface area contributed by atoms with Gasteiger partial charge in [0.1, 0.15) is 11.6 Å². The fourth-order valence-corrected chi connectivity index (χ4v) is 1.81. The smallest absolute Gasteiger partial charge is 0.134 e. The van der Waals surface area contributed by atoms with Crippen LogP contribution in [-0.4, -0.2) is 16.5 Å². The molecule has 2 rings (SSSR count). The van der Waals surface area contributed by atoms with Crippen LogP contribution in [0.5, 0.6) is 0 Å². The van der Waals surface area contributed by atoms with E-state index in [0.717, 1.165) is 17.3 Å². The molecular formula is C14H18N4. The third-order valence-electron chi connectivity index (χ3n) is 2.72. The number of benzene rings is 1. The maximum absolute atomic E-state index is 5.50. The van der Waals surface area contributed by atoms with Crippen molar-refractivity contribution >= 4 is 11.5 Å². The monoisotopic (exact) mass is 242 g/mol. The second kappa shape index (κ2) is 5.60. The van der Waals surface area contributed by atoms with E-state index in [-0.39, 0.29) is 0 Å². The molecule has 4 nitrogen and oxygen atoms in total. The lowest BCUT2D eigenvalue weighted by Crippen LogP contribution is -2.07. The van der Waals surface area contributed by atoms with Gasteiger partial charge in [-0.1, -0.05) is 17.7 Å². The first kappa shape index (κ1) is 12.5. The summed E-state index contributed by atoms with van der Waals surface area (Å²) in [4.78, 5) is 8.60. The van der Waals surface area contributed by atoms with E-state index in [9.17, 15) is 0 Å². The number of anilines is 2. The highest BCUT2D eigenvalue weighted by molar-refractivity contribution is 5.60. The topological polar surface area (TPSA) is 63.8 Å². The van der Waals surface area contributed by atoms with Gasteiger partial charge in [0.25, 0.3) is 0 Å². The SMILES string of the molecule is Cc1ccc(Nc2ccnc(CCN)n2)c(C)c1. The van der Waals surface area contributed by atoms with Gasteiger partial charge in [-0.2, -0.15) is 0 Å². The summed E-state index contributed by atoms with van der Waals surface area (Å²) in [6, 6.07) is 8.15. The van der Waals surface area contributed by atoms with Gasteiger partial charge in [-0.05, 0) is 38.1 Å². The van der Waals surface area contributed by atoms with Crippen LogP contribution in [0.15, 0.2) is 30.5 Å². The molecule has 4 heteroatoms. The molecule has 0 radical (unpaired) electrons. The zero-order chi connectivity index (χ0) is 13.0. The van der Waals surface area contributed by atoms with Crippen LogP contribution < -0.4 is 11.1 Å². The summed E-state index contributed by atoms with van der Waals surface area (Å²) in [5, 5.41) is 3.31. The molecule has 0 unspecified atom stereocenters. The third kappa shape index (κ3) is 3.05. The Morgan fingerprint density at radius 1 is 1.22 bits per heavy atom. The molecule has 1 aromatic heterocycles. The highest BCUT2D eigenvalue weighted by Gasteiger charge is 2.02. The van der Waals surface area contributed by atoms with Gasteiger partial charge >= 0.3 is 0 Å². The van der Waals surface area contributed by atoms with Gasteiger partial charge in [0.05, 0.1) is 0 Å². The van der Waals surface area contributed by atoms with Crippen LogP contribution in [0.3, 0.4) is 0 Å². The van der Waals surface area contributed by atoms with Crippen molar-refractivity contribution in [3.05, 3.63) is 47.4 Å². The fraction of sp³-hybridized carbons (Fsp3) is 0.286. The minimum absolute atomic E-state index is 0.563. The van der Waals surface area contributed by atoms with Gasteiger partial charge in [0.15, 0.2) is 0 Å². The summed E-state index contributed by atoms with van der Waals surface area (Å²) in [5.74, 6) is 1.58. The van der Waals surface area contributed by atoms with E-state index in [1.54, 1.807) is 6.20 Å². The van der Waals surface area contributed by atoms with E-state index in [4.69, 9.17) is 5.73 Å². The lowest BCUT2D eigenvalue weighted by atomic mass is 10.1. The molecule has 0 fully saturated rings. The van der Waals surface area contributed by atoms with Crippen molar-refractivity contribution in [2.24, 2.45) is 5.73 Å². The van der Waals surface area contributed by atoms with Crippen molar-refractivity contribution in [2.75, 3.05) is 11.9 Å². The van der Waals surface area contributed by atoms with Crippen LogP contribution in [0.2, 0.25) is 0 Å². The lowest BCUT2D eigenvalue weighted by Gasteiger charge is -2.10. The standard InChI is InChI=1S/C14H18N4/c1-10-3-4-12(11(2)9-10)17-14-6-8-16-13(18-14)5-7-15/h3-4,6,8-9H,5,7,15H2,1-2H3,(H,16,17,18). The first-order valence-corrected chi connectivity index (χ1v) is 6.05. The van der Waals surface area contributed by atoms with Crippen molar-refractivity contribution in [2.45, 2.75) is 20.3 Å². The second-order valence-electron chi connectivity index (χ2n) is 4.34. The molecule has 0 bridgehead atoms. The molecule has 94 valence electrons. The zero-order valence-corrected chi connectivity index (χ0v) is 10.8. The molecule has 0 saturated heterocycles. The van der Waals surface area contributed by atoms with Crippen molar-refractivity contribution in [3.8, 4) is 0 Å². The zero-order valence-electron chi connectivity index (χ0n) is 10.8. The third-order valence-corrected chi connectivity index (χ3v) is 2.72. The van der Waals surface area contributed by atoms with Gasteiger partial charge in [-0.25, -0.2) is 9.97 Å². The van der Waals surface area contributed by atoms with E-state index in [2.05, 4.69) is 47.3 Å². The largest absolute Gasteiger partial charge is 0.340 e. The molecule has 0 aliphatic heterocycles. The van der Waals surface area contributed by atoms with Gasteiger partial charge < -0.3 is 11.1 Å². The maximum atomic E-state index is 5.50. The number of nitrogens with one attached hydrogen (secondary N) is 1. The molecule has 0 amide bonds. The molecule has 1 heterocycles. The highest BCUT2D eigenvalue weighted by Crippen LogP contribution is 2.19. The summed E-state index contributed by atoms with van der Waals surface area (Å²) in [6.45, 7) is 4.73. The molecule has 0 saturated carbocycles. The quantitative estimate of drug-likeness (QED) is 0.863. The molecule has 18 heavy (non-hydrogen) atoms. The van der Waals surface area contributed by atoms with Crippen LogP contribution in [0.4, 0.5) is 11.5 Å². The Bertz CT molecular complexity index is 537. The van der Waals surface area contributed by atoms with Gasteiger partial charge in [0.2, 0.25) is 0 Å². The number of nitrogens with two attached hydrogens (primary N) is 1. The van der Waals surface area contributed by atoms with Crippen LogP contribution in [-0.2, 0) is 6.42 Å². The summed E-state index contributed by atoms with van der Waals surface area (Å²) >= 11 is 0. The number of rotatable bonds is 4. The molecule has 2 aromatic rings. The van der Waals surface area contributed by atoms with Crippen LogP contribution in [0, 0.1) is 13.8 Å². The van der Waals surface area contributed by atoms with Gasteiger partial charge in [-0.15, -0.1) is 0 Å². The molecule has 0 atom stereocenters. The highest BCUT2D eigenvalue weighted by atomic mass is 15.0. The Hall–Kier alpha value is -1.94. The summed E-state index contributed by atoms with van der Waals surface area (Å²) in [7, 11) is 0. The first-order chi connectivity index (χ1) is 8.69. The van der Waals surface area contributed by atoms with Gasteiger partial charge in [-0.3, -0.25) is 0 Å². The minimum Gasteiger partial charge on any atom is -0.340 e. The maximum Gasteiger partial charge on any atom is 0.134 e. The number of hydrogen-bond donors (Lipinski definition) is 2. The van der Waals surface area contributed by atoms with Crippen molar-refractivity contribution < 1.29 is 0 Å². The van der Waals surface area contributed by atoms with E-state index < -0.39 is 0 Å². The minimum atomic E-state index is 0.563. The Kier molecular flexibility index (Phi) is 3.89. The lowest BCUT2D eigenvalue weighted by molar-refractivity contribution is 0.869. The first-order valence-electron chi connectivity index (χ1n) is 6.05. The number of aromatic nitrogens is 2. The Morgan fingerprint density at radius 3 is 2.78 bits per heavy atom. The molecule has 1 aromatic carbocycles. The predicted molar refractivity (Wildman–Crippen MR) is 74.0 cm³/mol. The molecule has 0 spiro atoms. The number of hydrogen-bond acceptors (Lipinski definition) is 4. The van der Waals surface area contributed by atoms with Crippen LogP contribution in [0.1, 0.15) is 17.0 Å². The van der Waals surface area contributed by atoms with Crippen molar-refractivity contribution in [3.63, 3.8) is 0 Å².